The molecule has 0 aliphatic rings. The van der Waals surface area contributed by atoms with Gasteiger partial charge in [0.15, 0.2) is 5.15 Å². The van der Waals surface area contributed by atoms with E-state index in [2.05, 4.69) is 34.1 Å². The van der Waals surface area contributed by atoms with Crippen molar-refractivity contribution < 1.29 is 4.79 Å². The molecule has 110 valence electrons. The van der Waals surface area contributed by atoms with Crippen LogP contribution in [0.4, 0.5) is 11.6 Å². The first-order valence-corrected chi connectivity index (χ1v) is 7.12. The third kappa shape index (κ3) is 4.56. The normalized spacial score (nSPS) is 12.9. The van der Waals surface area contributed by atoms with Gasteiger partial charge in [-0.05, 0) is 19.3 Å². The van der Waals surface area contributed by atoms with E-state index in [1.807, 2.05) is 6.21 Å². The molecule has 0 saturated carbocycles. The number of aryl methyl sites for hydroxylation is 1. The molecule has 0 saturated heterocycles. The first-order valence-electron chi connectivity index (χ1n) is 6.74. The Bertz CT molecular complexity index is 491. The van der Waals surface area contributed by atoms with E-state index in [9.17, 15) is 4.79 Å². The van der Waals surface area contributed by atoms with Crippen molar-refractivity contribution >= 4 is 35.4 Å². The molecule has 1 heterocycles. The maximum Gasteiger partial charge on any atom is 0.231 e. The average Bonchev–Trinajstić information content (AvgIpc) is 2.37. The Morgan fingerprint density at radius 2 is 2.05 bits per heavy atom. The van der Waals surface area contributed by atoms with Crippen molar-refractivity contribution in [2.45, 2.75) is 41.0 Å². The second-order valence-electron chi connectivity index (χ2n) is 5.08. The molecule has 1 N–H and O–H groups in total. The Kier molecular flexibility index (Phi) is 6.07. The fourth-order valence-corrected chi connectivity index (χ4v) is 1.56. The molecule has 0 fully saturated rings. The molecular weight excluding hydrogens is 276 g/mol. The lowest BCUT2D eigenvalue weighted by atomic mass is 10.1. The molecule has 1 aromatic rings. The van der Waals surface area contributed by atoms with Crippen molar-refractivity contribution in [1.29, 1.82) is 0 Å². The Hall–Kier alpha value is -1.49. The van der Waals surface area contributed by atoms with E-state index in [0.29, 0.717) is 17.3 Å². The lowest BCUT2D eigenvalue weighted by molar-refractivity contribution is -0.118. The van der Waals surface area contributed by atoms with Crippen molar-refractivity contribution in [2.24, 2.45) is 16.8 Å². The third-order valence-corrected chi connectivity index (χ3v) is 3.14. The maximum absolute atomic E-state index is 11.6. The Labute approximate surface area is 124 Å². The van der Waals surface area contributed by atoms with Crippen molar-refractivity contribution in [3.63, 3.8) is 0 Å². The monoisotopic (exact) mass is 296 g/mol. The third-order valence-electron chi connectivity index (χ3n) is 2.88. The van der Waals surface area contributed by atoms with E-state index in [4.69, 9.17) is 11.6 Å². The van der Waals surface area contributed by atoms with Gasteiger partial charge in [-0.15, -0.1) is 0 Å². The van der Waals surface area contributed by atoms with Crippen LogP contribution >= 0.6 is 11.6 Å². The molecule has 5 nitrogen and oxygen atoms in total. The number of nitrogens with one attached hydrogen (secondary N) is 1. The maximum atomic E-state index is 11.6. The predicted molar refractivity (Wildman–Crippen MR) is 82.9 cm³/mol. The number of hydrogen-bond donors (Lipinski definition) is 1. The summed E-state index contributed by atoms with van der Waals surface area (Å²) < 4.78 is 0. The molecule has 0 spiro atoms. The zero-order valence-corrected chi connectivity index (χ0v) is 13.3. The standard InChI is InChI=1S/C14H21ClN4O/c1-6-9(4)7-16-11-10(5)17-14(18-12(11)15)19-13(20)8(2)3/h7-9H,6H2,1-5H3,(H,17,18,19,20)/b16-7-. The molecule has 1 rings (SSSR count). The van der Waals surface area contributed by atoms with E-state index in [1.54, 1.807) is 20.8 Å². The van der Waals surface area contributed by atoms with E-state index < -0.39 is 0 Å². The van der Waals surface area contributed by atoms with E-state index >= 15 is 0 Å². The number of nitrogens with zero attached hydrogens (tertiary/aromatic N) is 3. The second kappa shape index (κ2) is 7.33. The molecule has 1 aromatic heterocycles. The lowest BCUT2D eigenvalue weighted by Crippen LogP contribution is -2.19. The zero-order valence-electron chi connectivity index (χ0n) is 12.6. The SMILES string of the molecule is CCC(C)/C=N\c1c(C)nc(NC(=O)C(C)C)nc1Cl. The van der Waals surface area contributed by atoms with Crippen LogP contribution in [0.1, 0.15) is 39.8 Å². The summed E-state index contributed by atoms with van der Waals surface area (Å²) in [5.74, 6) is 0.302. The summed E-state index contributed by atoms with van der Waals surface area (Å²) in [6.45, 7) is 9.56. The van der Waals surface area contributed by atoms with Gasteiger partial charge in [0.1, 0.15) is 5.69 Å². The van der Waals surface area contributed by atoms with Crippen LogP contribution in [0.25, 0.3) is 0 Å². The van der Waals surface area contributed by atoms with Gasteiger partial charge >= 0.3 is 0 Å². The summed E-state index contributed by atoms with van der Waals surface area (Å²) in [4.78, 5) is 24.2. The first-order chi connectivity index (χ1) is 9.35. The molecule has 0 aromatic carbocycles. The number of amides is 1. The lowest BCUT2D eigenvalue weighted by Gasteiger charge is -2.09. The van der Waals surface area contributed by atoms with Gasteiger partial charge < -0.3 is 0 Å². The zero-order chi connectivity index (χ0) is 15.3. The molecule has 0 bridgehead atoms. The smallest absolute Gasteiger partial charge is 0.231 e. The molecule has 6 heteroatoms. The molecule has 20 heavy (non-hydrogen) atoms. The van der Waals surface area contributed by atoms with Crippen LogP contribution in [-0.4, -0.2) is 22.1 Å². The highest BCUT2D eigenvalue weighted by Gasteiger charge is 2.13. The van der Waals surface area contributed by atoms with Crippen LogP contribution in [0, 0.1) is 18.8 Å². The van der Waals surface area contributed by atoms with E-state index in [1.165, 1.54) is 0 Å². The van der Waals surface area contributed by atoms with Crippen LogP contribution in [0.5, 0.6) is 0 Å². The average molecular weight is 297 g/mol. The van der Waals surface area contributed by atoms with Gasteiger partial charge in [0.05, 0.1) is 5.69 Å². The molecular formula is C14H21ClN4O. The number of carbonyl (C=O) groups excluding carboxylic acids is 1. The van der Waals surface area contributed by atoms with Gasteiger partial charge in [-0.1, -0.05) is 39.3 Å². The topological polar surface area (TPSA) is 67.2 Å². The van der Waals surface area contributed by atoms with Gasteiger partial charge in [-0.2, -0.15) is 4.98 Å². The van der Waals surface area contributed by atoms with Crippen molar-refractivity contribution in [1.82, 2.24) is 9.97 Å². The Balaban J connectivity index is 2.97. The highest BCUT2D eigenvalue weighted by Crippen LogP contribution is 2.27. The fraction of sp³-hybridized carbons (Fsp3) is 0.571. The first kappa shape index (κ1) is 16.6. The van der Waals surface area contributed by atoms with Crippen molar-refractivity contribution in [3.05, 3.63) is 10.8 Å². The van der Waals surface area contributed by atoms with Crippen LogP contribution in [-0.2, 0) is 4.79 Å². The quantitative estimate of drug-likeness (QED) is 0.664. The summed E-state index contributed by atoms with van der Waals surface area (Å²) in [6.07, 6.45) is 2.84. The number of rotatable bonds is 5. The van der Waals surface area contributed by atoms with Crippen LogP contribution < -0.4 is 5.32 Å². The predicted octanol–water partition coefficient (Wildman–Crippen LogP) is 3.78. The minimum absolute atomic E-state index is 0.138. The molecule has 1 amide bonds. The minimum Gasteiger partial charge on any atom is -0.294 e. The van der Waals surface area contributed by atoms with Crippen LogP contribution in [0.15, 0.2) is 4.99 Å². The van der Waals surface area contributed by atoms with Crippen LogP contribution in [0.3, 0.4) is 0 Å². The fourth-order valence-electron chi connectivity index (χ4n) is 1.30. The molecule has 0 aliphatic heterocycles. The Morgan fingerprint density at radius 1 is 1.40 bits per heavy atom. The number of anilines is 1. The number of carbonyl (C=O) groups is 1. The summed E-state index contributed by atoms with van der Waals surface area (Å²) >= 11 is 6.11. The minimum atomic E-state index is -0.142. The molecule has 1 atom stereocenters. The number of aliphatic imine (C=N–C) groups is 1. The molecule has 0 radical (unpaired) electrons. The van der Waals surface area contributed by atoms with Crippen molar-refractivity contribution in [2.75, 3.05) is 5.32 Å². The van der Waals surface area contributed by atoms with Crippen LogP contribution in [0.2, 0.25) is 5.15 Å². The van der Waals surface area contributed by atoms with Gasteiger partial charge in [0, 0.05) is 12.1 Å². The highest BCUT2D eigenvalue weighted by molar-refractivity contribution is 6.32. The number of halogens is 1. The summed E-state index contributed by atoms with van der Waals surface area (Å²) in [5, 5.41) is 2.88. The van der Waals surface area contributed by atoms with E-state index in [-0.39, 0.29) is 22.9 Å². The highest BCUT2D eigenvalue weighted by atomic mass is 35.5. The molecule has 0 aliphatic carbocycles. The second-order valence-corrected chi connectivity index (χ2v) is 5.44. The van der Waals surface area contributed by atoms with Gasteiger partial charge in [0.2, 0.25) is 11.9 Å². The summed E-state index contributed by atoms with van der Waals surface area (Å²) in [5.41, 5.74) is 1.19. The Morgan fingerprint density at radius 3 is 2.55 bits per heavy atom. The van der Waals surface area contributed by atoms with Gasteiger partial charge in [-0.25, -0.2) is 4.98 Å². The molecule has 1 unspecified atom stereocenters. The largest absolute Gasteiger partial charge is 0.294 e. The number of aromatic nitrogens is 2. The number of hydrogen-bond acceptors (Lipinski definition) is 4. The summed E-state index contributed by atoms with van der Waals surface area (Å²) in [7, 11) is 0. The van der Waals surface area contributed by atoms with Gasteiger partial charge in [-0.3, -0.25) is 15.1 Å². The summed E-state index contributed by atoms with van der Waals surface area (Å²) in [6, 6.07) is 0. The van der Waals surface area contributed by atoms with E-state index in [0.717, 1.165) is 6.42 Å². The van der Waals surface area contributed by atoms with Crippen molar-refractivity contribution in [3.8, 4) is 0 Å². The van der Waals surface area contributed by atoms with Gasteiger partial charge in [0.25, 0.3) is 0 Å².